The van der Waals surface area contributed by atoms with Gasteiger partial charge in [-0.1, -0.05) is 60.7 Å². The highest BCUT2D eigenvalue weighted by Gasteiger charge is 2.42. The van der Waals surface area contributed by atoms with E-state index in [1.165, 1.54) is 11.3 Å². The Morgan fingerprint density at radius 1 is 1.08 bits per heavy atom. The highest BCUT2D eigenvalue weighted by molar-refractivity contribution is 7.14. The number of likely N-dealkylation sites (N-methyl/N-ethyl adjacent to an activating group) is 1. The van der Waals surface area contributed by atoms with E-state index in [4.69, 9.17) is 11.1 Å². The molecule has 2 aromatic carbocycles. The van der Waals surface area contributed by atoms with Gasteiger partial charge in [0.25, 0.3) is 0 Å². The van der Waals surface area contributed by atoms with Crippen molar-refractivity contribution in [1.82, 2.24) is 15.1 Å². The zero-order valence-corrected chi connectivity index (χ0v) is 22.6. The fraction of sp³-hybridized carbons (Fsp3) is 0.310. The van der Waals surface area contributed by atoms with E-state index in [1.54, 1.807) is 22.9 Å². The van der Waals surface area contributed by atoms with Crippen molar-refractivity contribution in [3.05, 3.63) is 93.7 Å². The Kier molecular flexibility index (Phi) is 9.11. The van der Waals surface area contributed by atoms with E-state index in [1.807, 2.05) is 66.7 Å². The molecular weight excluding hydrogens is 514 g/mol. The van der Waals surface area contributed by atoms with Crippen LogP contribution in [0.2, 0.25) is 0 Å². The third-order valence-electron chi connectivity index (χ3n) is 6.95. The van der Waals surface area contributed by atoms with Crippen LogP contribution in [0.4, 0.5) is 0 Å². The number of carboxylic acids is 1. The van der Waals surface area contributed by atoms with Crippen molar-refractivity contribution in [3.63, 3.8) is 0 Å². The zero-order valence-electron chi connectivity index (χ0n) is 21.7. The number of aliphatic carboxylic acids is 1. The third-order valence-corrected chi connectivity index (χ3v) is 8.07. The number of nitrogen functional groups attached to an aromatic ring is 1. The molecule has 2 amide bonds. The smallest absolute Gasteiger partial charge is 0.317 e. The molecule has 4 rings (SSSR count). The maximum Gasteiger partial charge on any atom is 0.317 e. The number of amidine groups is 1. The first-order valence-electron chi connectivity index (χ1n) is 12.8. The molecule has 5 N–H and O–H groups in total. The van der Waals surface area contributed by atoms with Crippen molar-refractivity contribution in [2.24, 2.45) is 5.73 Å². The molecule has 1 aliphatic heterocycles. The van der Waals surface area contributed by atoms with Crippen molar-refractivity contribution in [2.45, 2.75) is 37.4 Å². The summed E-state index contributed by atoms with van der Waals surface area (Å²) in [6, 6.07) is 21.2. The summed E-state index contributed by atoms with van der Waals surface area (Å²) in [7, 11) is 1.64. The molecule has 1 saturated heterocycles. The molecule has 2 atom stereocenters. The Labute approximate surface area is 231 Å². The molecule has 1 fully saturated rings. The van der Waals surface area contributed by atoms with Crippen LogP contribution in [0.25, 0.3) is 0 Å². The molecule has 2 unspecified atom stereocenters. The predicted octanol–water partition coefficient (Wildman–Crippen LogP) is 2.86. The summed E-state index contributed by atoms with van der Waals surface area (Å²) in [5.41, 5.74) is 7.32. The molecule has 204 valence electrons. The SMILES string of the molecule is CN(CC(=O)O)C(C(=O)N1CCCC1C(=O)NCc1ccc(C(=N)N)s1)C(c1ccccc1)c1ccccc1. The van der Waals surface area contributed by atoms with Crippen molar-refractivity contribution < 1.29 is 19.5 Å². The minimum absolute atomic E-state index is 0.0203. The lowest BCUT2D eigenvalue weighted by atomic mass is 9.83. The highest BCUT2D eigenvalue weighted by atomic mass is 32.1. The van der Waals surface area contributed by atoms with Gasteiger partial charge in [0, 0.05) is 17.3 Å². The Balaban J connectivity index is 1.62. The number of thiophene rings is 1. The second-order valence-electron chi connectivity index (χ2n) is 9.64. The number of hydrogen-bond donors (Lipinski definition) is 4. The summed E-state index contributed by atoms with van der Waals surface area (Å²) >= 11 is 1.34. The van der Waals surface area contributed by atoms with Gasteiger partial charge in [-0.05, 0) is 43.1 Å². The molecule has 1 aromatic heterocycles. The maximum absolute atomic E-state index is 14.3. The molecule has 10 heteroatoms. The first-order chi connectivity index (χ1) is 18.8. The normalized spacial score (nSPS) is 15.9. The van der Waals surface area contributed by atoms with Crippen molar-refractivity contribution in [3.8, 4) is 0 Å². The van der Waals surface area contributed by atoms with Gasteiger partial charge in [-0.2, -0.15) is 0 Å². The van der Waals surface area contributed by atoms with Crippen molar-refractivity contribution in [2.75, 3.05) is 20.1 Å². The summed E-state index contributed by atoms with van der Waals surface area (Å²) in [5.74, 6) is -2.03. The second kappa shape index (κ2) is 12.7. The molecule has 2 heterocycles. The van der Waals surface area contributed by atoms with Gasteiger partial charge in [-0.3, -0.25) is 24.7 Å². The molecule has 3 aromatic rings. The molecule has 1 aliphatic rings. The van der Waals surface area contributed by atoms with Gasteiger partial charge in [0.1, 0.15) is 17.9 Å². The van der Waals surface area contributed by atoms with Crippen LogP contribution in [0.5, 0.6) is 0 Å². The summed E-state index contributed by atoms with van der Waals surface area (Å²) < 4.78 is 0. The number of benzene rings is 2. The number of carbonyl (C=O) groups is 3. The Hall–Kier alpha value is -4.02. The van der Waals surface area contributed by atoms with Crippen LogP contribution < -0.4 is 11.1 Å². The van der Waals surface area contributed by atoms with Gasteiger partial charge in [0.2, 0.25) is 11.8 Å². The van der Waals surface area contributed by atoms with Crippen LogP contribution in [0.3, 0.4) is 0 Å². The summed E-state index contributed by atoms with van der Waals surface area (Å²) in [4.78, 5) is 44.0. The first kappa shape index (κ1) is 28.0. The largest absolute Gasteiger partial charge is 0.480 e. The van der Waals surface area contributed by atoms with Gasteiger partial charge < -0.3 is 21.1 Å². The highest BCUT2D eigenvalue weighted by Crippen LogP contribution is 2.33. The van der Waals surface area contributed by atoms with Crippen molar-refractivity contribution in [1.29, 1.82) is 5.41 Å². The van der Waals surface area contributed by atoms with E-state index < -0.39 is 24.0 Å². The van der Waals surface area contributed by atoms with Crippen LogP contribution >= 0.6 is 11.3 Å². The van der Waals surface area contributed by atoms with Crippen LogP contribution in [-0.4, -0.2) is 70.7 Å². The second-order valence-corrected chi connectivity index (χ2v) is 10.8. The van der Waals surface area contributed by atoms with Gasteiger partial charge in [-0.15, -0.1) is 11.3 Å². The Morgan fingerprint density at radius 3 is 2.23 bits per heavy atom. The lowest BCUT2D eigenvalue weighted by Gasteiger charge is -2.37. The number of carbonyl (C=O) groups excluding carboxylic acids is 2. The van der Waals surface area contributed by atoms with E-state index in [9.17, 15) is 19.5 Å². The van der Waals surface area contributed by atoms with E-state index in [-0.39, 0.29) is 30.7 Å². The fourth-order valence-electron chi connectivity index (χ4n) is 5.16. The minimum Gasteiger partial charge on any atom is -0.480 e. The van der Waals surface area contributed by atoms with Crippen LogP contribution in [-0.2, 0) is 20.9 Å². The molecule has 0 saturated carbocycles. The van der Waals surface area contributed by atoms with Gasteiger partial charge >= 0.3 is 5.97 Å². The Morgan fingerprint density at radius 2 is 1.69 bits per heavy atom. The number of likely N-dealkylation sites (tertiary alicyclic amines) is 1. The third kappa shape index (κ3) is 6.71. The lowest BCUT2D eigenvalue weighted by molar-refractivity contribution is -0.145. The Bertz CT molecular complexity index is 1270. The number of nitrogens with one attached hydrogen (secondary N) is 2. The topological polar surface area (TPSA) is 140 Å². The maximum atomic E-state index is 14.3. The number of nitrogens with zero attached hydrogens (tertiary/aromatic N) is 2. The average Bonchev–Trinajstić information content (AvgIpc) is 3.61. The quantitative estimate of drug-likeness (QED) is 0.215. The number of amides is 2. The molecular formula is C29H33N5O4S. The van der Waals surface area contributed by atoms with Crippen LogP contribution in [0, 0.1) is 5.41 Å². The van der Waals surface area contributed by atoms with E-state index >= 15 is 0 Å². The number of nitrogens with two attached hydrogens (primary N) is 1. The molecule has 0 aliphatic carbocycles. The number of rotatable bonds is 11. The van der Waals surface area contributed by atoms with Crippen LogP contribution in [0.1, 0.15) is 39.6 Å². The standard InChI is InChI=1S/C29H33N5O4S/c1-33(18-24(35)36)26(25(19-9-4-2-5-10-19)20-11-6-3-7-12-20)29(38)34-16-8-13-22(34)28(37)32-17-21-14-15-23(39-21)27(30)31/h2-7,9-12,14-15,22,25-26H,8,13,16-18H2,1H3,(H3,30,31)(H,32,37)(H,35,36). The minimum atomic E-state index is -1.04. The lowest BCUT2D eigenvalue weighted by Crippen LogP contribution is -2.55. The summed E-state index contributed by atoms with van der Waals surface area (Å²) in [5, 5.41) is 20.1. The predicted molar refractivity (Wildman–Crippen MR) is 151 cm³/mol. The van der Waals surface area contributed by atoms with Gasteiger partial charge in [0.05, 0.1) is 18.0 Å². The molecule has 9 nitrogen and oxygen atoms in total. The zero-order chi connectivity index (χ0) is 27.9. The van der Waals surface area contributed by atoms with Crippen molar-refractivity contribution >= 4 is 35.0 Å². The summed E-state index contributed by atoms with van der Waals surface area (Å²) in [6.45, 7) is 0.362. The van der Waals surface area contributed by atoms with E-state index in [2.05, 4.69) is 5.32 Å². The summed E-state index contributed by atoms with van der Waals surface area (Å²) in [6.07, 6.45) is 1.20. The molecule has 0 bridgehead atoms. The fourth-order valence-corrected chi connectivity index (χ4v) is 5.97. The molecule has 0 radical (unpaired) electrons. The molecule has 39 heavy (non-hydrogen) atoms. The first-order valence-corrected chi connectivity index (χ1v) is 13.6. The van der Waals surface area contributed by atoms with E-state index in [0.29, 0.717) is 24.3 Å². The number of carboxylic acid groups (broad SMARTS) is 1. The van der Waals surface area contributed by atoms with E-state index in [0.717, 1.165) is 16.0 Å². The average molecular weight is 548 g/mol. The molecule has 0 spiro atoms. The van der Waals surface area contributed by atoms with Crippen LogP contribution in [0.15, 0.2) is 72.8 Å². The number of hydrogen-bond acceptors (Lipinski definition) is 6. The monoisotopic (exact) mass is 547 g/mol. The van der Waals surface area contributed by atoms with Gasteiger partial charge in [0.15, 0.2) is 0 Å². The van der Waals surface area contributed by atoms with Gasteiger partial charge in [-0.25, -0.2) is 0 Å².